The lowest BCUT2D eigenvalue weighted by Gasteiger charge is -2.25. The van der Waals surface area contributed by atoms with Crippen molar-refractivity contribution in [3.8, 4) is 0 Å². The number of aryl methyl sites for hydroxylation is 2. The van der Waals surface area contributed by atoms with Crippen LogP contribution < -0.4 is 10.6 Å². The van der Waals surface area contributed by atoms with E-state index in [9.17, 15) is 14.4 Å². The highest BCUT2D eigenvalue weighted by atomic mass is 32.1. The van der Waals surface area contributed by atoms with Gasteiger partial charge in [-0.2, -0.15) is 0 Å². The number of carbonyl (C=O) groups is 3. The molecule has 2 amide bonds. The van der Waals surface area contributed by atoms with Crippen molar-refractivity contribution in [1.29, 1.82) is 0 Å². The molecule has 0 unspecified atom stereocenters. The van der Waals surface area contributed by atoms with Crippen molar-refractivity contribution in [2.75, 3.05) is 31.5 Å². The summed E-state index contributed by atoms with van der Waals surface area (Å²) in [6.45, 7) is 3.57. The number of amides is 2. The molecule has 0 radical (unpaired) electrons. The third-order valence-corrected chi connectivity index (χ3v) is 6.66. The summed E-state index contributed by atoms with van der Waals surface area (Å²) in [6, 6.07) is 7.57. The van der Waals surface area contributed by atoms with Crippen LogP contribution in [0.25, 0.3) is 0 Å². The van der Waals surface area contributed by atoms with Gasteiger partial charge in [0.2, 0.25) is 11.8 Å². The Kier molecular flexibility index (Phi) is 5.78. The number of nitrogens with zero attached hydrogens (tertiary/aromatic N) is 1. The monoisotopic (exact) mass is 411 g/mol. The second-order valence-electron chi connectivity index (χ2n) is 7.72. The summed E-state index contributed by atoms with van der Waals surface area (Å²) in [5.74, 6) is -0.279. The van der Waals surface area contributed by atoms with E-state index in [0.29, 0.717) is 29.2 Å². The first-order valence-corrected chi connectivity index (χ1v) is 10.9. The first-order valence-electron chi connectivity index (χ1n) is 10.1. The lowest BCUT2D eigenvalue weighted by atomic mass is 9.91. The van der Waals surface area contributed by atoms with Gasteiger partial charge in [0.25, 0.3) is 0 Å². The summed E-state index contributed by atoms with van der Waals surface area (Å²) < 4.78 is 0. The van der Waals surface area contributed by atoms with Gasteiger partial charge in [0.15, 0.2) is 5.78 Å². The normalized spacial score (nSPS) is 16.8. The zero-order chi connectivity index (χ0) is 20.4. The van der Waals surface area contributed by atoms with Gasteiger partial charge in [-0.3, -0.25) is 19.3 Å². The number of carbonyl (C=O) groups excluding carboxylic acids is 3. The van der Waals surface area contributed by atoms with E-state index in [2.05, 4.69) is 10.6 Å². The highest BCUT2D eigenvalue weighted by molar-refractivity contribution is 7.17. The van der Waals surface area contributed by atoms with Gasteiger partial charge in [-0.05, 0) is 38.2 Å². The van der Waals surface area contributed by atoms with Crippen molar-refractivity contribution in [1.82, 2.24) is 10.2 Å². The average Bonchev–Trinajstić information content (AvgIpc) is 3.05. The fraction of sp³-hybridized carbons (Fsp3) is 0.409. The molecule has 6 nitrogen and oxygen atoms in total. The summed E-state index contributed by atoms with van der Waals surface area (Å²) >= 11 is 1.53. The van der Waals surface area contributed by atoms with Gasteiger partial charge in [-0.25, -0.2) is 0 Å². The Morgan fingerprint density at radius 2 is 1.93 bits per heavy atom. The maximum absolute atomic E-state index is 13.3. The van der Waals surface area contributed by atoms with Crippen LogP contribution >= 0.6 is 11.3 Å². The van der Waals surface area contributed by atoms with Crippen LogP contribution in [0.2, 0.25) is 0 Å². The molecule has 0 spiro atoms. The van der Waals surface area contributed by atoms with Crippen LogP contribution in [-0.2, 0) is 22.4 Å². The number of piperazine rings is 1. The SMILES string of the molecule is Cc1ccc(C(=O)c2c(NC(=O)CN3CCNC(=O)C3)sc3c2CCCC3)cc1. The highest BCUT2D eigenvalue weighted by Crippen LogP contribution is 2.39. The van der Waals surface area contributed by atoms with Crippen molar-refractivity contribution in [3.05, 3.63) is 51.4 Å². The summed E-state index contributed by atoms with van der Waals surface area (Å²) in [5, 5.41) is 6.38. The predicted molar refractivity (Wildman–Crippen MR) is 114 cm³/mol. The molecule has 1 aliphatic heterocycles. The minimum atomic E-state index is -0.184. The maximum atomic E-state index is 13.3. The molecule has 1 saturated heterocycles. The number of hydrogen-bond donors (Lipinski definition) is 2. The van der Waals surface area contributed by atoms with Crippen molar-refractivity contribution in [2.24, 2.45) is 0 Å². The van der Waals surface area contributed by atoms with E-state index in [0.717, 1.165) is 36.8 Å². The van der Waals surface area contributed by atoms with E-state index in [1.54, 1.807) is 0 Å². The summed E-state index contributed by atoms with van der Waals surface area (Å²) in [4.78, 5) is 40.6. The van der Waals surface area contributed by atoms with E-state index in [1.165, 1.54) is 16.2 Å². The molecule has 1 aliphatic carbocycles. The molecule has 152 valence electrons. The second kappa shape index (κ2) is 8.47. The first-order chi connectivity index (χ1) is 14.0. The van der Waals surface area contributed by atoms with Gasteiger partial charge in [-0.15, -0.1) is 11.3 Å². The fourth-order valence-corrected chi connectivity index (χ4v) is 5.24. The minimum Gasteiger partial charge on any atom is -0.354 e. The molecular weight excluding hydrogens is 386 g/mol. The average molecular weight is 412 g/mol. The Balaban J connectivity index is 1.58. The van der Waals surface area contributed by atoms with Gasteiger partial charge in [0.1, 0.15) is 5.00 Å². The fourth-order valence-electron chi connectivity index (χ4n) is 3.94. The van der Waals surface area contributed by atoms with Crippen LogP contribution in [0.4, 0.5) is 5.00 Å². The van der Waals surface area contributed by atoms with Crippen LogP contribution in [0.15, 0.2) is 24.3 Å². The zero-order valence-electron chi connectivity index (χ0n) is 16.5. The van der Waals surface area contributed by atoms with E-state index >= 15 is 0 Å². The molecule has 1 fully saturated rings. The molecule has 2 heterocycles. The van der Waals surface area contributed by atoms with Crippen molar-refractivity contribution < 1.29 is 14.4 Å². The standard InChI is InChI=1S/C22H25N3O3S/c1-14-6-8-15(9-7-14)21(28)20-16-4-2-3-5-17(16)29-22(20)24-19(27)13-25-11-10-23-18(26)12-25/h6-9H,2-5,10-13H2,1H3,(H,23,26)(H,24,27). The lowest BCUT2D eigenvalue weighted by molar-refractivity contribution is -0.125. The molecule has 0 atom stereocenters. The molecule has 2 aliphatic rings. The topological polar surface area (TPSA) is 78.5 Å². The number of fused-ring (bicyclic) bond motifs is 1. The third kappa shape index (κ3) is 4.41. The molecular formula is C22H25N3O3S. The smallest absolute Gasteiger partial charge is 0.239 e. The van der Waals surface area contributed by atoms with Gasteiger partial charge >= 0.3 is 0 Å². The Morgan fingerprint density at radius 1 is 1.17 bits per heavy atom. The number of rotatable bonds is 5. The largest absolute Gasteiger partial charge is 0.354 e. The molecule has 1 aromatic carbocycles. The molecule has 2 N–H and O–H groups in total. The number of hydrogen-bond acceptors (Lipinski definition) is 5. The summed E-state index contributed by atoms with van der Waals surface area (Å²) in [5.41, 5.74) is 3.50. The van der Waals surface area contributed by atoms with Gasteiger partial charge in [0, 0.05) is 23.5 Å². The number of ketones is 1. The van der Waals surface area contributed by atoms with Crippen molar-refractivity contribution >= 4 is 33.9 Å². The number of benzene rings is 1. The molecule has 4 rings (SSSR count). The van der Waals surface area contributed by atoms with Crippen LogP contribution in [0.5, 0.6) is 0 Å². The number of thiophene rings is 1. The van der Waals surface area contributed by atoms with Crippen molar-refractivity contribution in [3.63, 3.8) is 0 Å². The molecule has 2 aromatic rings. The highest BCUT2D eigenvalue weighted by Gasteiger charge is 2.27. The predicted octanol–water partition coefficient (Wildman–Crippen LogP) is 2.54. The third-order valence-electron chi connectivity index (χ3n) is 5.45. The van der Waals surface area contributed by atoms with E-state index in [-0.39, 0.29) is 30.7 Å². The van der Waals surface area contributed by atoms with Crippen LogP contribution in [-0.4, -0.2) is 48.7 Å². The number of nitrogens with one attached hydrogen (secondary N) is 2. The maximum Gasteiger partial charge on any atom is 0.239 e. The van der Waals surface area contributed by atoms with E-state index in [1.807, 2.05) is 36.1 Å². The zero-order valence-corrected chi connectivity index (χ0v) is 17.4. The van der Waals surface area contributed by atoms with E-state index < -0.39 is 0 Å². The van der Waals surface area contributed by atoms with Gasteiger partial charge in [-0.1, -0.05) is 29.8 Å². The second-order valence-corrected chi connectivity index (χ2v) is 8.82. The Labute approximate surface area is 174 Å². The number of anilines is 1. The molecule has 0 bridgehead atoms. The molecule has 7 heteroatoms. The summed E-state index contributed by atoms with van der Waals surface area (Å²) in [7, 11) is 0. The quantitative estimate of drug-likeness (QED) is 0.741. The van der Waals surface area contributed by atoms with Crippen LogP contribution in [0, 0.1) is 6.92 Å². The Bertz CT molecular complexity index is 949. The molecule has 1 aromatic heterocycles. The van der Waals surface area contributed by atoms with E-state index in [4.69, 9.17) is 0 Å². The lowest BCUT2D eigenvalue weighted by Crippen LogP contribution is -2.49. The molecule has 29 heavy (non-hydrogen) atoms. The Morgan fingerprint density at radius 3 is 2.69 bits per heavy atom. The van der Waals surface area contributed by atoms with Crippen LogP contribution in [0.1, 0.15) is 44.8 Å². The van der Waals surface area contributed by atoms with Gasteiger partial charge < -0.3 is 10.6 Å². The Hall–Kier alpha value is -2.51. The molecule has 0 saturated carbocycles. The van der Waals surface area contributed by atoms with Gasteiger partial charge in [0.05, 0.1) is 18.7 Å². The van der Waals surface area contributed by atoms with Crippen LogP contribution in [0.3, 0.4) is 0 Å². The minimum absolute atomic E-state index is 0.0305. The first kappa shape index (κ1) is 19.8. The summed E-state index contributed by atoms with van der Waals surface area (Å²) in [6.07, 6.45) is 4.01. The van der Waals surface area contributed by atoms with Crippen molar-refractivity contribution in [2.45, 2.75) is 32.6 Å².